The van der Waals surface area contributed by atoms with Crippen LogP contribution < -0.4 is 4.90 Å². The van der Waals surface area contributed by atoms with E-state index < -0.39 is 0 Å². The van der Waals surface area contributed by atoms with Crippen LogP contribution in [0, 0.1) is 0 Å². The van der Waals surface area contributed by atoms with Gasteiger partial charge in [0.15, 0.2) is 0 Å². The fourth-order valence-electron chi connectivity index (χ4n) is 2.41. The molecule has 2 rings (SSSR count). The second-order valence-electron chi connectivity index (χ2n) is 4.57. The third-order valence-electron chi connectivity index (χ3n) is 3.31. The zero-order valence-electron chi connectivity index (χ0n) is 10.1. The van der Waals surface area contributed by atoms with Crippen LogP contribution in [-0.4, -0.2) is 49.3 Å². The van der Waals surface area contributed by atoms with Crippen molar-refractivity contribution in [3.63, 3.8) is 0 Å². The van der Waals surface area contributed by atoms with Gasteiger partial charge in [-0.1, -0.05) is 23.7 Å². The Kier molecular flexibility index (Phi) is 4.26. The summed E-state index contributed by atoms with van der Waals surface area (Å²) in [4.78, 5) is 4.62. The number of halogens is 1. The molecule has 1 atom stereocenters. The van der Waals surface area contributed by atoms with E-state index in [0.717, 1.165) is 36.8 Å². The average Bonchev–Trinajstić information content (AvgIpc) is 2.31. The van der Waals surface area contributed by atoms with Crippen LogP contribution >= 0.6 is 11.6 Å². The molecule has 4 heteroatoms. The van der Waals surface area contributed by atoms with E-state index in [1.165, 1.54) is 0 Å². The molecule has 0 amide bonds. The van der Waals surface area contributed by atoms with Gasteiger partial charge < -0.3 is 14.9 Å². The molecule has 0 saturated carbocycles. The van der Waals surface area contributed by atoms with Crippen LogP contribution in [0.1, 0.15) is 6.42 Å². The third-order valence-corrected chi connectivity index (χ3v) is 3.63. The van der Waals surface area contributed by atoms with E-state index in [-0.39, 0.29) is 6.61 Å². The molecule has 1 saturated heterocycles. The molecule has 94 valence electrons. The maximum Gasteiger partial charge on any atom is 0.0639 e. The van der Waals surface area contributed by atoms with Crippen molar-refractivity contribution < 1.29 is 5.11 Å². The summed E-state index contributed by atoms with van der Waals surface area (Å²) in [6.45, 7) is 3.20. The van der Waals surface area contributed by atoms with E-state index in [1.807, 2.05) is 18.2 Å². The van der Waals surface area contributed by atoms with Crippen LogP contribution in [0.4, 0.5) is 5.69 Å². The number of hydrogen-bond donors (Lipinski definition) is 1. The molecular weight excluding hydrogens is 236 g/mol. The molecule has 0 radical (unpaired) electrons. The Labute approximate surface area is 108 Å². The van der Waals surface area contributed by atoms with Gasteiger partial charge in [0.05, 0.1) is 10.7 Å². The van der Waals surface area contributed by atoms with E-state index in [2.05, 4.69) is 22.9 Å². The Morgan fingerprint density at radius 1 is 1.35 bits per heavy atom. The molecule has 1 aliphatic rings. The number of likely N-dealkylation sites (N-methyl/N-ethyl adjacent to an activating group) is 1. The van der Waals surface area contributed by atoms with Gasteiger partial charge in [0.2, 0.25) is 0 Å². The molecule has 0 aliphatic carbocycles. The molecule has 1 aromatic carbocycles. The minimum atomic E-state index is 0.222. The Hall–Kier alpha value is -0.770. The van der Waals surface area contributed by atoms with Crippen LogP contribution in [0.15, 0.2) is 24.3 Å². The summed E-state index contributed by atoms with van der Waals surface area (Å²) in [6.07, 6.45) is 0.787. The van der Waals surface area contributed by atoms with Crippen LogP contribution in [0.25, 0.3) is 0 Å². The van der Waals surface area contributed by atoms with E-state index in [1.54, 1.807) is 0 Å². The SMILES string of the molecule is CN1CCN(c2ccccc2Cl)C(CCO)C1. The fourth-order valence-corrected chi connectivity index (χ4v) is 2.65. The lowest BCUT2D eigenvalue weighted by molar-refractivity contribution is 0.219. The second-order valence-corrected chi connectivity index (χ2v) is 4.98. The monoisotopic (exact) mass is 254 g/mol. The molecule has 17 heavy (non-hydrogen) atoms. The number of piperazine rings is 1. The number of para-hydroxylation sites is 1. The minimum absolute atomic E-state index is 0.222. The van der Waals surface area contributed by atoms with Crippen molar-refractivity contribution in [2.24, 2.45) is 0 Å². The van der Waals surface area contributed by atoms with Crippen LogP contribution in [0.3, 0.4) is 0 Å². The first-order valence-electron chi connectivity index (χ1n) is 6.03. The van der Waals surface area contributed by atoms with E-state index in [4.69, 9.17) is 16.7 Å². The molecule has 1 heterocycles. The topological polar surface area (TPSA) is 26.7 Å². The van der Waals surface area contributed by atoms with E-state index in [0.29, 0.717) is 6.04 Å². The van der Waals surface area contributed by atoms with E-state index in [9.17, 15) is 0 Å². The van der Waals surface area contributed by atoms with Crippen molar-refractivity contribution in [2.75, 3.05) is 38.2 Å². The predicted octanol–water partition coefficient (Wildman–Crippen LogP) is 1.84. The molecule has 0 spiro atoms. The molecule has 1 aromatic rings. The zero-order valence-corrected chi connectivity index (χ0v) is 10.9. The fraction of sp³-hybridized carbons (Fsp3) is 0.538. The number of benzene rings is 1. The van der Waals surface area contributed by atoms with Gasteiger partial charge >= 0.3 is 0 Å². The number of aliphatic hydroxyl groups is 1. The van der Waals surface area contributed by atoms with Gasteiger partial charge in [0.25, 0.3) is 0 Å². The van der Waals surface area contributed by atoms with Gasteiger partial charge in [-0.05, 0) is 25.6 Å². The zero-order chi connectivity index (χ0) is 12.3. The maximum atomic E-state index is 9.16. The highest BCUT2D eigenvalue weighted by Crippen LogP contribution is 2.29. The highest BCUT2D eigenvalue weighted by Gasteiger charge is 2.25. The second kappa shape index (κ2) is 5.71. The van der Waals surface area contributed by atoms with Crippen LogP contribution in [0.5, 0.6) is 0 Å². The summed E-state index contributed by atoms with van der Waals surface area (Å²) < 4.78 is 0. The van der Waals surface area contributed by atoms with Gasteiger partial charge in [0, 0.05) is 32.3 Å². The molecule has 0 aromatic heterocycles. The predicted molar refractivity (Wildman–Crippen MR) is 71.8 cm³/mol. The van der Waals surface area contributed by atoms with Crippen molar-refractivity contribution in [2.45, 2.75) is 12.5 Å². The molecule has 1 N–H and O–H groups in total. The molecule has 0 bridgehead atoms. The Morgan fingerprint density at radius 3 is 2.82 bits per heavy atom. The van der Waals surface area contributed by atoms with Crippen molar-refractivity contribution in [3.8, 4) is 0 Å². The van der Waals surface area contributed by atoms with Gasteiger partial charge in [0.1, 0.15) is 0 Å². The molecule has 1 fully saturated rings. The highest BCUT2D eigenvalue weighted by atomic mass is 35.5. The number of aliphatic hydroxyl groups excluding tert-OH is 1. The summed E-state index contributed by atoms with van der Waals surface area (Å²) >= 11 is 6.24. The highest BCUT2D eigenvalue weighted by molar-refractivity contribution is 6.33. The standard InChI is InChI=1S/C13H19ClN2O/c1-15-7-8-16(11(10-15)6-9-17)13-5-3-2-4-12(13)14/h2-5,11,17H,6-10H2,1H3. The maximum absolute atomic E-state index is 9.16. The van der Waals surface area contributed by atoms with Crippen LogP contribution in [-0.2, 0) is 0 Å². The summed E-state index contributed by atoms with van der Waals surface area (Å²) in [5, 5.41) is 9.95. The van der Waals surface area contributed by atoms with Crippen molar-refractivity contribution in [3.05, 3.63) is 29.3 Å². The summed E-state index contributed by atoms with van der Waals surface area (Å²) in [7, 11) is 2.12. The van der Waals surface area contributed by atoms with Gasteiger partial charge in [-0.15, -0.1) is 0 Å². The Bertz CT molecular complexity index is 372. The first-order valence-corrected chi connectivity index (χ1v) is 6.40. The average molecular weight is 255 g/mol. The Balaban J connectivity index is 2.20. The van der Waals surface area contributed by atoms with Crippen LogP contribution in [0.2, 0.25) is 5.02 Å². The molecule has 1 unspecified atom stereocenters. The Morgan fingerprint density at radius 2 is 2.12 bits per heavy atom. The van der Waals surface area contributed by atoms with Crippen molar-refractivity contribution in [1.29, 1.82) is 0 Å². The summed E-state index contributed by atoms with van der Waals surface area (Å²) in [5.41, 5.74) is 1.08. The first kappa shape index (κ1) is 12.7. The number of anilines is 1. The largest absolute Gasteiger partial charge is 0.396 e. The van der Waals surface area contributed by atoms with Gasteiger partial charge in [-0.3, -0.25) is 0 Å². The molecule has 1 aliphatic heterocycles. The quantitative estimate of drug-likeness (QED) is 0.892. The molecule has 3 nitrogen and oxygen atoms in total. The number of nitrogens with zero attached hydrogens (tertiary/aromatic N) is 2. The van der Waals surface area contributed by atoms with Gasteiger partial charge in [-0.2, -0.15) is 0 Å². The van der Waals surface area contributed by atoms with Gasteiger partial charge in [-0.25, -0.2) is 0 Å². The number of rotatable bonds is 3. The molecular formula is C13H19ClN2O. The summed E-state index contributed by atoms with van der Waals surface area (Å²) in [5.74, 6) is 0. The lowest BCUT2D eigenvalue weighted by Crippen LogP contribution is -2.52. The smallest absolute Gasteiger partial charge is 0.0639 e. The third kappa shape index (κ3) is 2.92. The normalized spacial score (nSPS) is 21.8. The van der Waals surface area contributed by atoms with Crippen molar-refractivity contribution >= 4 is 17.3 Å². The summed E-state index contributed by atoms with van der Waals surface area (Å²) in [6, 6.07) is 8.28. The lowest BCUT2D eigenvalue weighted by atomic mass is 10.1. The van der Waals surface area contributed by atoms with E-state index >= 15 is 0 Å². The first-order chi connectivity index (χ1) is 8.22. The minimum Gasteiger partial charge on any atom is -0.396 e. The van der Waals surface area contributed by atoms with Crippen molar-refractivity contribution in [1.82, 2.24) is 4.90 Å². The lowest BCUT2D eigenvalue weighted by Gasteiger charge is -2.41. The number of hydrogen-bond acceptors (Lipinski definition) is 3.